The molecule has 8 nitrogen and oxygen atoms in total. The van der Waals surface area contributed by atoms with Gasteiger partial charge in [-0.3, -0.25) is 9.59 Å². The van der Waals surface area contributed by atoms with Crippen LogP contribution in [0.5, 0.6) is 5.75 Å². The lowest BCUT2D eigenvalue weighted by Crippen LogP contribution is -2.39. The normalized spacial score (nSPS) is 16.1. The minimum atomic E-state index is -0.126. The number of benzene rings is 2. The van der Waals surface area contributed by atoms with Crippen molar-refractivity contribution in [3.63, 3.8) is 0 Å². The number of hydrogen-bond acceptors (Lipinski definition) is 6. The highest BCUT2D eigenvalue weighted by Crippen LogP contribution is 2.30. The van der Waals surface area contributed by atoms with Gasteiger partial charge in [-0.1, -0.05) is 17.3 Å². The molecule has 0 radical (unpaired) electrons. The molecule has 3 aromatic rings. The number of methoxy groups -OCH3 is 1. The molecule has 4 rings (SSSR count). The monoisotopic (exact) mass is 420 g/mol. The molecule has 1 aromatic heterocycles. The van der Waals surface area contributed by atoms with E-state index in [9.17, 15) is 9.59 Å². The van der Waals surface area contributed by atoms with Crippen LogP contribution in [0.4, 0.5) is 5.69 Å². The lowest BCUT2D eigenvalue weighted by Gasteiger charge is -2.31. The summed E-state index contributed by atoms with van der Waals surface area (Å²) in [4.78, 5) is 30.6. The SMILES string of the molecule is COc1ccccc1C(=O)N1CCCC(c2nc(-c3ccc(NC(C)=O)cc3)no2)C1. The fourth-order valence-electron chi connectivity index (χ4n) is 3.78. The van der Waals surface area contributed by atoms with Gasteiger partial charge in [-0.2, -0.15) is 4.98 Å². The van der Waals surface area contributed by atoms with E-state index in [0.717, 1.165) is 18.4 Å². The second-order valence-corrected chi connectivity index (χ2v) is 7.51. The van der Waals surface area contributed by atoms with Crippen molar-refractivity contribution in [3.8, 4) is 17.1 Å². The van der Waals surface area contributed by atoms with Crippen molar-refractivity contribution in [2.24, 2.45) is 0 Å². The summed E-state index contributed by atoms with van der Waals surface area (Å²) < 4.78 is 10.9. The Morgan fingerprint density at radius 2 is 1.94 bits per heavy atom. The lowest BCUT2D eigenvalue weighted by atomic mass is 9.97. The number of piperidine rings is 1. The Kier molecular flexibility index (Phi) is 5.97. The van der Waals surface area contributed by atoms with Crippen LogP contribution in [0.25, 0.3) is 11.4 Å². The summed E-state index contributed by atoms with van der Waals surface area (Å²) in [5.41, 5.74) is 2.05. The Balaban J connectivity index is 1.47. The van der Waals surface area contributed by atoms with Crippen molar-refractivity contribution in [1.29, 1.82) is 0 Å². The number of amides is 2. The molecule has 1 fully saturated rings. The summed E-state index contributed by atoms with van der Waals surface area (Å²) in [6.45, 7) is 2.66. The smallest absolute Gasteiger partial charge is 0.257 e. The predicted octanol–water partition coefficient (Wildman–Crippen LogP) is 3.72. The number of ether oxygens (including phenoxy) is 1. The number of rotatable bonds is 5. The highest BCUT2D eigenvalue weighted by atomic mass is 16.5. The van der Waals surface area contributed by atoms with Crippen LogP contribution in [0.3, 0.4) is 0 Å². The maximum atomic E-state index is 13.0. The zero-order valence-corrected chi connectivity index (χ0v) is 17.5. The van der Waals surface area contributed by atoms with E-state index in [0.29, 0.717) is 41.8 Å². The Morgan fingerprint density at radius 1 is 1.16 bits per heavy atom. The highest BCUT2D eigenvalue weighted by molar-refractivity contribution is 5.97. The van der Waals surface area contributed by atoms with Crippen LogP contribution in [0.15, 0.2) is 53.1 Å². The van der Waals surface area contributed by atoms with E-state index < -0.39 is 0 Å². The number of para-hydroxylation sites is 1. The molecule has 0 saturated carbocycles. The van der Waals surface area contributed by atoms with Gasteiger partial charge in [0.15, 0.2) is 0 Å². The van der Waals surface area contributed by atoms with E-state index in [1.807, 2.05) is 29.2 Å². The Labute approximate surface area is 180 Å². The third-order valence-corrected chi connectivity index (χ3v) is 5.30. The summed E-state index contributed by atoms with van der Waals surface area (Å²) in [5, 5.41) is 6.84. The zero-order valence-electron chi connectivity index (χ0n) is 17.5. The molecular weight excluding hydrogens is 396 g/mol. The lowest BCUT2D eigenvalue weighted by molar-refractivity contribution is -0.114. The van der Waals surface area contributed by atoms with E-state index in [4.69, 9.17) is 9.26 Å². The average Bonchev–Trinajstić information content (AvgIpc) is 3.29. The molecule has 2 heterocycles. The summed E-state index contributed by atoms with van der Waals surface area (Å²) in [6, 6.07) is 14.5. The predicted molar refractivity (Wildman–Crippen MR) is 115 cm³/mol. The molecule has 1 saturated heterocycles. The maximum Gasteiger partial charge on any atom is 0.257 e. The van der Waals surface area contributed by atoms with Crippen molar-refractivity contribution in [1.82, 2.24) is 15.0 Å². The van der Waals surface area contributed by atoms with Gasteiger partial charge < -0.3 is 19.5 Å². The van der Waals surface area contributed by atoms with E-state index in [2.05, 4.69) is 15.5 Å². The first-order valence-electron chi connectivity index (χ1n) is 10.2. The Hall–Kier alpha value is -3.68. The largest absolute Gasteiger partial charge is 0.496 e. The van der Waals surface area contributed by atoms with Gasteiger partial charge in [0, 0.05) is 31.3 Å². The van der Waals surface area contributed by atoms with Gasteiger partial charge in [0.05, 0.1) is 18.6 Å². The number of aromatic nitrogens is 2. The quantitative estimate of drug-likeness (QED) is 0.676. The molecule has 0 bridgehead atoms. The number of hydrogen-bond donors (Lipinski definition) is 1. The van der Waals surface area contributed by atoms with E-state index in [1.165, 1.54) is 6.92 Å². The molecule has 31 heavy (non-hydrogen) atoms. The van der Waals surface area contributed by atoms with Gasteiger partial charge in [0.2, 0.25) is 17.6 Å². The molecule has 1 atom stereocenters. The number of nitrogens with zero attached hydrogens (tertiary/aromatic N) is 3. The molecule has 160 valence electrons. The van der Waals surface area contributed by atoms with Crippen LogP contribution in [0.2, 0.25) is 0 Å². The van der Waals surface area contributed by atoms with Crippen LogP contribution in [-0.4, -0.2) is 47.1 Å². The summed E-state index contributed by atoms with van der Waals surface area (Å²) in [5.74, 6) is 1.37. The number of anilines is 1. The Bertz CT molecular complexity index is 1080. The minimum Gasteiger partial charge on any atom is -0.496 e. The van der Waals surface area contributed by atoms with Gasteiger partial charge in [0.1, 0.15) is 5.75 Å². The topological polar surface area (TPSA) is 97.6 Å². The maximum absolute atomic E-state index is 13.0. The van der Waals surface area contributed by atoms with Crippen LogP contribution >= 0.6 is 0 Å². The van der Waals surface area contributed by atoms with Crippen LogP contribution in [0.1, 0.15) is 41.9 Å². The molecule has 0 aliphatic carbocycles. The van der Waals surface area contributed by atoms with Crippen molar-refractivity contribution in [3.05, 3.63) is 60.0 Å². The molecular formula is C23H24N4O4. The second-order valence-electron chi connectivity index (χ2n) is 7.51. The summed E-state index contributed by atoms with van der Waals surface area (Å²) in [7, 11) is 1.56. The fourth-order valence-corrected chi connectivity index (χ4v) is 3.78. The van der Waals surface area contributed by atoms with Crippen molar-refractivity contribution in [2.75, 3.05) is 25.5 Å². The molecule has 1 N–H and O–H groups in total. The van der Waals surface area contributed by atoms with E-state index in [-0.39, 0.29) is 17.7 Å². The molecule has 2 aromatic carbocycles. The van der Waals surface area contributed by atoms with Crippen LogP contribution in [-0.2, 0) is 4.79 Å². The standard InChI is InChI=1S/C23H24N4O4/c1-15(28)24-18-11-9-16(10-12-18)21-25-22(31-26-21)17-6-5-13-27(14-17)23(29)19-7-3-4-8-20(19)30-2/h3-4,7-12,17H,5-6,13-14H2,1-2H3,(H,24,28). The highest BCUT2D eigenvalue weighted by Gasteiger charge is 2.30. The van der Waals surface area contributed by atoms with Gasteiger partial charge in [-0.15, -0.1) is 0 Å². The molecule has 0 spiro atoms. The van der Waals surface area contributed by atoms with Crippen molar-refractivity contribution in [2.45, 2.75) is 25.7 Å². The zero-order chi connectivity index (χ0) is 21.8. The molecule has 2 amide bonds. The molecule has 8 heteroatoms. The van der Waals surface area contributed by atoms with Gasteiger partial charge in [-0.05, 0) is 49.2 Å². The summed E-state index contributed by atoms with van der Waals surface area (Å²) in [6.07, 6.45) is 1.73. The second kappa shape index (κ2) is 8.99. The third-order valence-electron chi connectivity index (χ3n) is 5.30. The first-order valence-corrected chi connectivity index (χ1v) is 10.2. The van der Waals surface area contributed by atoms with E-state index in [1.54, 1.807) is 31.4 Å². The number of carbonyl (C=O) groups excluding carboxylic acids is 2. The third kappa shape index (κ3) is 4.58. The fraction of sp³-hybridized carbons (Fsp3) is 0.304. The molecule has 1 unspecified atom stereocenters. The van der Waals surface area contributed by atoms with E-state index >= 15 is 0 Å². The minimum absolute atomic E-state index is 0.0210. The van der Waals surface area contributed by atoms with Crippen molar-refractivity contribution >= 4 is 17.5 Å². The Morgan fingerprint density at radius 3 is 2.68 bits per heavy atom. The van der Waals surface area contributed by atoms with Gasteiger partial charge in [-0.25, -0.2) is 0 Å². The number of nitrogens with one attached hydrogen (secondary N) is 1. The summed E-state index contributed by atoms with van der Waals surface area (Å²) >= 11 is 0. The van der Waals surface area contributed by atoms with Crippen LogP contribution in [0, 0.1) is 0 Å². The first-order chi connectivity index (χ1) is 15.0. The average molecular weight is 420 g/mol. The number of carbonyl (C=O) groups is 2. The van der Waals surface area contributed by atoms with Gasteiger partial charge in [0.25, 0.3) is 5.91 Å². The molecule has 1 aliphatic heterocycles. The number of likely N-dealkylation sites (tertiary alicyclic amines) is 1. The molecule has 1 aliphatic rings. The van der Waals surface area contributed by atoms with Crippen molar-refractivity contribution < 1.29 is 18.8 Å². The van der Waals surface area contributed by atoms with Crippen LogP contribution < -0.4 is 10.1 Å². The first kappa shape index (κ1) is 20.6. The van der Waals surface area contributed by atoms with Gasteiger partial charge >= 0.3 is 0 Å².